The third-order valence-corrected chi connectivity index (χ3v) is 11.7. The van der Waals surface area contributed by atoms with Crippen LogP contribution in [0.2, 0.25) is 0 Å². The quantitative estimate of drug-likeness (QED) is 0.442. The summed E-state index contributed by atoms with van der Waals surface area (Å²) in [6.07, 6.45) is 16.9. The molecule has 2 nitrogen and oxygen atoms in total. The molecule has 0 bridgehead atoms. The van der Waals surface area contributed by atoms with Gasteiger partial charge in [-0.3, -0.25) is 0 Å². The maximum atomic E-state index is 6.16. The topological polar surface area (TPSA) is 18.5 Å². The molecule has 5 rings (SSSR count). The second-order valence-electron chi connectivity index (χ2n) is 13.5. The molecule has 4 saturated carbocycles. The number of ether oxygens (including phenoxy) is 2. The molecule has 1 spiro atoms. The summed E-state index contributed by atoms with van der Waals surface area (Å²) in [7, 11) is 0. The Morgan fingerprint density at radius 1 is 0.774 bits per heavy atom. The van der Waals surface area contributed by atoms with Crippen LogP contribution in [0.1, 0.15) is 112 Å². The first kappa shape index (κ1) is 22.7. The summed E-state index contributed by atoms with van der Waals surface area (Å²) in [5, 5.41) is 0. The highest BCUT2D eigenvalue weighted by Gasteiger charge is 2.62. The third-order valence-electron chi connectivity index (χ3n) is 11.7. The lowest BCUT2D eigenvalue weighted by Gasteiger charge is -2.62. The van der Waals surface area contributed by atoms with Crippen LogP contribution in [0.4, 0.5) is 0 Å². The zero-order valence-corrected chi connectivity index (χ0v) is 21.3. The monoisotopic (exact) mass is 430 g/mol. The van der Waals surface area contributed by atoms with Gasteiger partial charge in [0.05, 0.1) is 13.2 Å². The molecule has 1 aliphatic heterocycles. The van der Waals surface area contributed by atoms with E-state index in [1.165, 1.54) is 70.6 Å². The van der Waals surface area contributed by atoms with Crippen LogP contribution in [0.5, 0.6) is 0 Å². The van der Waals surface area contributed by atoms with E-state index in [0.29, 0.717) is 10.8 Å². The fourth-order valence-electron chi connectivity index (χ4n) is 9.98. The van der Waals surface area contributed by atoms with E-state index in [9.17, 15) is 0 Å². The van der Waals surface area contributed by atoms with Crippen LogP contribution in [-0.2, 0) is 9.47 Å². The molecular weight excluding hydrogens is 380 g/mol. The van der Waals surface area contributed by atoms with Crippen molar-refractivity contribution >= 4 is 0 Å². The highest BCUT2D eigenvalue weighted by atomic mass is 16.7. The van der Waals surface area contributed by atoms with E-state index in [1.54, 1.807) is 0 Å². The Labute approximate surface area is 192 Å². The molecule has 4 aliphatic carbocycles. The molecule has 0 aromatic carbocycles. The van der Waals surface area contributed by atoms with Crippen LogP contribution >= 0.6 is 0 Å². The minimum Gasteiger partial charge on any atom is -0.348 e. The Hall–Kier alpha value is -0.0800. The molecule has 1 heterocycles. The third kappa shape index (κ3) is 3.74. The average Bonchev–Trinajstić information content (AvgIpc) is 3.32. The van der Waals surface area contributed by atoms with Crippen molar-refractivity contribution in [3.63, 3.8) is 0 Å². The smallest absolute Gasteiger partial charge is 0.168 e. The lowest BCUT2D eigenvalue weighted by atomic mass is 9.44. The molecular formula is C29H50O2. The second kappa shape index (κ2) is 8.30. The van der Waals surface area contributed by atoms with Gasteiger partial charge in [0.25, 0.3) is 0 Å². The van der Waals surface area contributed by atoms with Crippen LogP contribution in [-0.4, -0.2) is 19.0 Å². The molecule has 8 atom stereocenters. The highest BCUT2D eigenvalue weighted by Crippen LogP contribution is 2.69. The molecule has 1 saturated heterocycles. The van der Waals surface area contributed by atoms with Gasteiger partial charge in [0, 0.05) is 12.8 Å². The Morgan fingerprint density at radius 2 is 1.52 bits per heavy atom. The van der Waals surface area contributed by atoms with E-state index >= 15 is 0 Å². The van der Waals surface area contributed by atoms with Gasteiger partial charge in [-0.15, -0.1) is 0 Å². The SMILES string of the molecule is CC(C)CCC[C@@H](C)[C@H]1CC[C@H]2[C@@H]3CCC4CC5(CC[C@]4(C)[C@H]3CC[C@]12C)OCCO5. The molecule has 31 heavy (non-hydrogen) atoms. The van der Waals surface area contributed by atoms with Gasteiger partial charge in [0.1, 0.15) is 0 Å². The largest absolute Gasteiger partial charge is 0.348 e. The molecule has 178 valence electrons. The van der Waals surface area contributed by atoms with Crippen LogP contribution in [0.15, 0.2) is 0 Å². The first-order valence-electron chi connectivity index (χ1n) is 14.1. The summed E-state index contributed by atoms with van der Waals surface area (Å²) in [4.78, 5) is 0. The van der Waals surface area contributed by atoms with Crippen LogP contribution in [0.3, 0.4) is 0 Å². The maximum absolute atomic E-state index is 6.16. The standard InChI is InChI=1S/C29H50O2/c1-20(2)7-6-8-21(3)24-11-12-25-23-10-9-22-19-29(30-17-18-31-29)16-15-27(22,4)26(23)13-14-28(24,25)5/h20-26H,6-19H2,1-5H3/t21-,22?,23+,24-,25+,26+,27+,28-/m1/s1. The minimum absolute atomic E-state index is 0.204. The molecule has 0 aromatic rings. The van der Waals surface area contributed by atoms with Gasteiger partial charge in [-0.05, 0) is 97.2 Å². The summed E-state index contributed by atoms with van der Waals surface area (Å²) in [5.74, 6) is 6.32. The van der Waals surface area contributed by atoms with E-state index in [1.807, 2.05) is 0 Å². The molecule has 0 aromatic heterocycles. The lowest BCUT2D eigenvalue weighted by molar-refractivity contribution is -0.229. The predicted octanol–water partition coefficient (Wildman–Crippen LogP) is 7.85. The molecule has 0 radical (unpaired) electrons. The summed E-state index contributed by atoms with van der Waals surface area (Å²) >= 11 is 0. The Kier molecular flexibility index (Phi) is 6.08. The van der Waals surface area contributed by atoms with Gasteiger partial charge in [0.2, 0.25) is 0 Å². The van der Waals surface area contributed by atoms with E-state index in [4.69, 9.17) is 9.47 Å². The molecule has 5 fully saturated rings. The maximum Gasteiger partial charge on any atom is 0.168 e. The first-order valence-corrected chi connectivity index (χ1v) is 14.1. The fourth-order valence-corrected chi connectivity index (χ4v) is 9.98. The summed E-state index contributed by atoms with van der Waals surface area (Å²) in [6.45, 7) is 14.4. The van der Waals surface area contributed by atoms with Crippen LogP contribution < -0.4 is 0 Å². The van der Waals surface area contributed by atoms with Gasteiger partial charge >= 0.3 is 0 Å². The summed E-state index contributed by atoms with van der Waals surface area (Å²) in [6, 6.07) is 0. The van der Waals surface area contributed by atoms with Crippen molar-refractivity contribution in [3.8, 4) is 0 Å². The van der Waals surface area contributed by atoms with Crippen molar-refractivity contribution in [2.24, 2.45) is 52.3 Å². The van der Waals surface area contributed by atoms with Gasteiger partial charge in [-0.2, -0.15) is 0 Å². The molecule has 0 amide bonds. The Morgan fingerprint density at radius 3 is 2.26 bits per heavy atom. The minimum atomic E-state index is -0.204. The van der Waals surface area contributed by atoms with Crippen molar-refractivity contribution in [2.45, 2.75) is 117 Å². The van der Waals surface area contributed by atoms with Crippen LogP contribution in [0.25, 0.3) is 0 Å². The van der Waals surface area contributed by atoms with E-state index < -0.39 is 0 Å². The average molecular weight is 431 g/mol. The summed E-state index contributed by atoms with van der Waals surface area (Å²) < 4.78 is 12.3. The predicted molar refractivity (Wildman–Crippen MR) is 128 cm³/mol. The van der Waals surface area contributed by atoms with Crippen molar-refractivity contribution < 1.29 is 9.47 Å². The lowest BCUT2D eigenvalue weighted by Crippen LogP contribution is -2.56. The van der Waals surface area contributed by atoms with Gasteiger partial charge in [-0.25, -0.2) is 0 Å². The number of hydrogen-bond acceptors (Lipinski definition) is 2. The zero-order chi connectivity index (χ0) is 21.9. The van der Waals surface area contributed by atoms with Gasteiger partial charge in [0.15, 0.2) is 5.79 Å². The zero-order valence-electron chi connectivity index (χ0n) is 21.3. The van der Waals surface area contributed by atoms with Crippen molar-refractivity contribution in [1.82, 2.24) is 0 Å². The van der Waals surface area contributed by atoms with E-state index in [-0.39, 0.29) is 5.79 Å². The van der Waals surface area contributed by atoms with E-state index in [0.717, 1.165) is 61.1 Å². The number of rotatable bonds is 5. The summed E-state index contributed by atoms with van der Waals surface area (Å²) in [5.41, 5.74) is 1.15. The Bertz CT molecular complexity index is 637. The highest BCUT2D eigenvalue weighted by molar-refractivity contribution is 5.10. The van der Waals surface area contributed by atoms with Crippen LogP contribution in [0, 0.1) is 52.3 Å². The Balaban J connectivity index is 1.28. The second-order valence-corrected chi connectivity index (χ2v) is 13.5. The normalized spacial score (nSPS) is 47.2. The van der Waals surface area contributed by atoms with Gasteiger partial charge in [-0.1, -0.05) is 53.9 Å². The molecule has 2 heteroatoms. The number of hydrogen-bond donors (Lipinski definition) is 0. The number of fused-ring (bicyclic) bond motifs is 5. The first-order chi connectivity index (χ1) is 14.8. The fraction of sp³-hybridized carbons (Fsp3) is 1.00. The molecule has 5 aliphatic rings. The van der Waals surface area contributed by atoms with Gasteiger partial charge < -0.3 is 9.47 Å². The van der Waals surface area contributed by atoms with Crippen molar-refractivity contribution in [2.75, 3.05) is 13.2 Å². The van der Waals surface area contributed by atoms with E-state index in [2.05, 4.69) is 34.6 Å². The van der Waals surface area contributed by atoms with Crippen molar-refractivity contribution in [3.05, 3.63) is 0 Å². The molecule has 0 N–H and O–H groups in total. The molecule has 1 unspecified atom stereocenters. The van der Waals surface area contributed by atoms with Crippen molar-refractivity contribution in [1.29, 1.82) is 0 Å².